The Hall–Kier alpha value is -0.870. The van der Waals surface area contributed by atoms with Gasteiger partial charge < -0.3 is 14.9 Å². The van der Waals surface area contributed by atoms with Gasteiger partial charge in [-0.25, -0.2) is 0 Å². The first-order valence-electron chi connectivity index (χ1n) is 8.57. The number of ether oxygens (including phenoxy) is 1. The predicted molar refractivity (Wildman–Crippen MR) is 90.0 cm³/mol. The third-order valence-electron chi connectivity index (χ3n) is 4.02. The van der Waals surface area contributed by atoms with Crippen molar-refractivity contribution in [3.05, 3.63) is 11.6 Å². The first kappa shape index (κ1) is 21.1. The molecular weight excluding hydrogens is 280 g/mol. The van der Waals surface area contributed by atoms with Gasteiger partial charge in [-0.1, -0.05) is 18.6 Å². The standard InChI is InChI=1S/C16H30O2.C2H4O2/c1-3-16(18-2)13-5-4-8-14-9-6-11-15(17)12-7-10-14;1-2(3)4/h8,15-17H,3-7,9-13H2,1-2H3;1H3,(H,3,4). The highest BCUT2D eigenvalue weighted by atomic mass is 16.5. The first-order chi connectivity index (χ1) is 10.5. The minimum Gasteiger partial charge on any atom is -0.481 e. The molecule has 1 aliphatic carbocycles. The quantitative estimate of drug-likeness (QED) is 0.566. The normalized spacial score (nSPS) is 20.2. The molecule has 4 nitrogen and oxygen atoms in total. The molecule has 0 amide bonds. The van der Waals surface area contributed by atoms with Gasteiger partial charge in [0.15, 0.2) is 0 Å². The van der Waals surface area contributed by atoms with Crippen molar-refractivity contribution in [3.63, 3.8) is 0 Å². The number of methoxy groups -OCH3 is 1. The molecule has 130 valence electrons. The second-order valence-corrected chi connectivity index (χ2v) is 6.02. The minimum atomic E-state index is -0.833. The van der Waals surface area contributed by atoms with Crippen molar-refractivity contribution < 1.29 is 19.7 Å². The monoisotopic (exact) mass is 314 g/mol. The van der Waals surface area contributed by atoms with E-state index < -0.39 is 5.97 Å². The Kier molecular flexibility index (Phi) is 13.2. The maximum absolute atomic E-state index is 9.60. The number of hydrogen-bond acceptors (Lipinski definition) is 3. The third-order valence-corrected chi connectivity index (χ3v) is 4.02. The molecular formula is C18H34O4. The summed E-state index contributed by atoms with van der Waals surface area (Å²) in [5.74, 6) is -0.833. The van der Waals surface area contributed by atoms with Crippen LogP contribution in [-0.4, -0.2) is 35.5 Å². The molecule has 0 aromatic carbocycles. The fraction of sp³-hybridized carbons (Fsp3) is 0.833. The SMILES string of the molecule is CC(=O)O.CCC(CCCC=C1CCCC(O)CCC1)OC. The maximum atomic E-state index is 9.60. The van der Waals surface area contributed by atoms with Crippen LogP contribution >= 0.6 is 0 Å². The van der Waals surface area contributed by atoms with Crippen molar-refractivity contribution in [1.29, 1.82) is 0 Å². The number of allylic oxidation sites excluding steroid dienone is 2. The van der Waals surface area contributed by atoms with Gasteiger partial charge in [0.25, 0.3) is 5.97 Å². The lowest BCUT2D eigenvalue weighted by Crippen LogP contribution is -2.09. The van der Waals surface area contributed by atoms with Gasteiger partial charge in [0.1, 0.15) is 0 Å². The average molecular weight is 314 g/mol. The second kappa shape index (κ2) is 13.8. The molecule has 1 aliphatic rings. The van der Waals surface area contributed by atoms with Gasteiger partial charge in [-0.3, -0.25) is 4.79 Å². The van der Waals surface area contributed by atoms with Gasteiger partial charge in [0.05, 0.1) is 12.2 Å². The van der Waals surface area contributed by atoms with Crippen LogP contribution in [0, 0.1) is 0 Å². The Morgan fingerprint density at radius 3 is 2.36 bits per heavy atom. The highest BCUT2D eigenvalue weighted by Gasteiger charge is 2.10. The van der Waals surface area contributed by atoms with Crippen LogP contribution < -0.4 is 0 Å². The Balaban J connectivity index is 0.000000980. The molecule has 0 spiro atoms. The van der Waals surface area contributed by atoms with Crippen LogP contribution in [0.5, 0.6) is 0 Å². The number of hydrogen-bond donors (Lipinski definition) is 2. The van der Waals surface area contributed by atoms with Crippen LogP contribution in [0.15, 0.2) is 11.6 Å². The van der Waals surface area contributed by atoms with Crippen molar-refractivity contribution in [3.8, 4) is 0 Å². The Labute approximate surface area is 135 Å². The molecule has 2 N–H and O–H groups in total. The van der Waals surface area contributed by atoms with E-state index in [1.165, 1.54) is 32.1 Å². The number of carboxylic acids is 1. The molecule has 0 aliphatic heterocycles. The molecule has 0 saturated heterocycles. The highest BCUT2D eigenvalue weighted by molar-refractivity contribution is 5.62. The van der Waals surface area contributed by atoms with E-state index >= 15 is 0 Å². The zero-order chi connectivity index (χ0) is 16.8. The number of aliphatic hydroxyl groups is 1. The molecule has 1 unspecified atom stereocenters. The predicted octanol–water partition coefficient (Wildman–Crippen LogP) is 4.31. The van der Waals surface area contributed by atoms with E-state index in [0.29, 0.717) is 6.10 Å². The Morgan fingerprint density at radius 1 is 1.36 bits per heavy atom. The van der Waals surface area contributed by atoms with E-state index in [1.807, 2.05) is 7.11 Å². The summed E-state index contributed by atoms with van der Waals surface area (Å²) in [6.07, 6.45) is 14.2. The number of rotatable bonds is 6. The molecule has 1 fully saturated rings. The van der Waals surface area contributed by atoms with Gasteiger partial charge in [-0.15, -0.1) is 0 Å². The summed E-state index contributed by atoms with van der Waals surface area (Å²) in [6.45, 7) is 3.27. The van der Waals surface area contributed by atoms with E-state index in [2.05, 4.69) is 13.0 Å². The molecule has 22 heavy (non-hydrogen) atoms. The van der Waals surface area contributed by atoms with Gasteiger partial charge in [0.2, 0.25) is 0 Å². The fourth-order valence-electron chi connectivity index (χ4n) is 2.74. The molecule has 4 heteroatoms. The molecule has 1 rings (SSSR count). The summed E-state index contributed by atoms with van der Waals surface area (Å²) >= 11 is 0. The van der Waals surface area contributed by atoms with Gasteiger partial charge in [-0.2, -0.15) is 0 Å². The zero-order valence-corrected chi connectivity index (χ0v) is 14.5. The Morgan fingerprint density at radius 2 is 1.91 bits per heavy atom. The third kappa shape index (κ3) is 12.8. The number of aliphatic carboxylic acids is 1. The summed E-state index contributed by atoms with van der Waals surface area (Å²) in [6, 6.07) is 0. The summed E-state index contributed by atoms with van der Waals surface area (Å²) < 4.78 is 5.39. The first-order valence-corrected chi connectivity index (χ1v) is 8.57. The van der Waals surface area contributed by atoms with Crippen LogP contribution in [0.1, 0.15) is 78.1 Å². The van der Waals surface area contributed by atoms with Gasteiger partial charge in [-0.05, 0) is 64.2 Å². The van der Waals surface area contributed by atoms with Crippen molar-refractivity contribution in [2.45, 2.75) is 90.3 Å². The molecule has 0 bridgehead atoms. The summed E-state index contributed by atoms with van der Waals surface area (Å²) in [7, 11) is 1.81. The molecule has 0 aromatic heterocycles. The van der Waals surface area contributed by atoms with Crippen molar-refractivity contribution in [2.24, 2.45) is 0 Å². The van der Waals surface area contributed by atoms with Gasteiger partial charge in [0, 0.05) is 14.0 Å². The van der Waals surface area contributed by atoms with Crippen molar-refractivity contribution >= 4 is 5.97 Å². The molecule has 0 radical (unpaired) electrons. The van der Waals surface area contributed by atoms with E-state index in [1.54, 1.807) is 5.57 Å². The lowest BCUT2D eigenvalue weighted by Gasteiger charge is -2.16. The maximum Gasteiger partial charge on any atom is 0.300 e. The lowest BCUT2D eigenvalue weighted by molar-refractivity contribution is -0.134. The number of carboxylic acid groups (broad SMARTS) is 1. The number of aliphatic hydroxyl groups excluding tert-OH is 1. The van der Waals surface area contributed by atoms with Crippen LogP contribution in [0.2, 0.25) is 0 Å². The van der Waals surface area contributed by atoms with E-state index in [0.717, 1.165) is 39.0 Å². The van der Waals surface area contributed by atoms with E-state index in [-0.39, 0.29) is 6.10 Å². The highest BCUT2D eigenvalue weighted by Crippen LogP contribution is 2.22. The van der Waals surface area contributed by atoms with Crippen LogP contribution in [0.25, 0.3) is 0 Å². The molecule has 1 saturated carbocycles. The number of carbonyl (C=O) groups is 1. The topological polar surface area (TPSA) is 66.8 Å². The summed E-state index contributed by atoms with van der Waals surface area (Å²) in [5.41, 5.74) is 1.62. The van der Waals surface area contributed by atoms with Gasteiger partial charge >= 0.3 is 0 Å². The van der Waals surface area contributed by atoms with E-state index in [4.69, 9.17) is 14.6 Å². The lowest BCUT2D eigenvalue weighted by atomic mass is 9.93. The fourth-order valence-corrected chi connectivity index (χ4v) is 2.74. The summed E-state index contributed by atoms with van der Waals surface area (Å²) in [4.78, 5) is 9.00. The second-order valence-electron chi connectivity index (χ2n) is 6.02. The minimum absolute atomic E-state index is 0.0430. The molecule has 0 heterocycles. The summed E-state index contributed by atoms with van der Waals surface area (Å²) in [5, 5.41) is 17.0. The Bertz CT molecular complexity index is 292. The zero-order valence-electron chi connectivity index (χ0n) is 14.5. The van der Waals surface area contributed by atoms with Crippen molar-refractivity contribution in [1.82, 2.24) is 0 Å². The van der Waals surface area contributed by atoms with E-state index in [9.17, 15) is 5.11 Å². The molecule has 1 atom stereocenters. The largest absolute Gasteiger partial charge is 0.481 e. The number of unbranched alkanes of at least 4 members (excludes halogenated alkanes) is 1. The average Bonchev–Trinajstić information content (AvgIpc) is 2.43. The van der Waals surface area contributed by atoms with Crippen LogP contribution in [0.3, 0.4) is 0 Å². The van der Waals surface area contributed by atoms with Crippen LogP contribution in [-0.2, 0) is 9.53 Å². The van der Waals surface area contributed by atoms with Crippen LogP contribution in [0.4, 0.5) is 0 Å². The smallest absolute Gasteiger partial charge is 0.300 e. The van der Waals surface area contributed by atoms with Crippen molar-refractivity contribution in [2.75, 3.05) is 7.11 Å². The molecule has 0 aromatic rings.